The summed E-state index contributed by atoms with van der Waals surface area (Å²) in [4.78, 5) is 31.0. The van der Waals surface area contributed by atoms with Gasteiger partial charge in [-0.1, -0.05) is 6.07 Å². The van der Waals surface area contributed by atoms with E-state index in [1.807, 2.05) is 42.6 Å². The quantitative estimate of drug-likeness (QED) is 0.626. The highest BCUT2D eigenvalue weighted by Crippen LogP contribution is 2.21. The summed E-state index contributed by atoms with van der Waals surface area (Å²) in [6, 6.07) is 11.0. The normalized spacial score (nSPS) is 16.5. The lowest BCUT2D eigenvalue weighted by Crippen LogP contribution is -2.43. The molecule has 0 radical (unpaired) electrons. The van der Waals surface area contributed by atoms with E-state index in [-0.39, 0.29) is 24.1 Å². The van der Waals surface area contributed by atoms with Crippen LogP contribution in [0.15, 0.2) is 46.6 Å². The zero-order valence-electron chi connectivity index (χ0n) is 16.8. The lowest BCUT2D eigenvalue weighted by atomic mass is 10.1. The average Bonchev–Trinajstić information content (AvgIpc) is 3.29. The van der Waals surface area contributed by atoms with Crippen LogP contribution >= 0.6 is 11.3 Å². The van der Waals surface area contributed by atoms with Gasteiger partial charge in [0, 0.05) is 23.0 Å². The summed E-state index contributed by atoms with van der Waals surface area (Å²) in [6.07, 6.45) is -0.216. The van der Waals surface area contributed by atoms with Crippen molar-refractivity contribution in [3.05, 3.63) is 62.6 Å². The van der Waals surface area contributed by atoms with E-state index in [1.54, 1.807) is 11.0 Å². The fourth-order valence-electron chi connectivity index (χ4n) is 3.47. The third-order valence-electron chi connectivity index (χ3n) is 4.89. The summed E-state index contributed by atoms with van der Waals surface area (Å²) in [5.41, 5.74) is 1.03. The van der Waals surface area contributed by atoms with E-state index >= 15 is 0 Å². The van der Waals surface area contributed by atoms with Gasteiger partial charge in [0.25, 0.3) is 11.5 Å². The van der Waals surface area contributed by atoms with Crippen LogP contribution in [-0.4, -0.2) is 54.9 Å². The van der Waals surface area contributed by atoms with E-state index in [9.17, 15) is 9.59 Å². The summed E-state index contributed by atoms with van der Waals surface area (Å²) in [5, 5.41) is 2.72. The molecule has 1 N–H and O–H groups in total. The molecule has 0 saturated carbocycles. The molecule has 7 nitrogen and oxygen atoms in total. The Morgan fingerprint density at radius 3 is 2.93 bits per heavy atom. The predicted molar refractivity (Wildman–Crippen MR) is 115 cm³/mol. The van der Waals surface area contributed by atoms with Crippen LogP contribution in [0, 0.1) is 0 Å². The minimum Gasteiger partial charge on any atom is -0.494 e. The van der Waals surface area contributed by atoms with Gasteiger partial charge in [0.2, 0.25) is 0 Å². The van der Waals surface area contributed by atoms with Gasteiger partial charge in [-0.05, 0) is 42.6 Å². The third-order valence-corrected chi connectivity index (χ3v) is 5.75. The lowest BCUT2D eigenvalue weighted by Gasteiger charge is -2.29. The first kappa shape index (κ1) is 20.6. The molecule has 1 amide bonds. The monoisotopic (exact) mass is 428 g/mol. The number of carbonyl (C=O) groups is 1. The van der Waals surface area contributed by atoms with Crippen molar-refractivity contribution in [2.75, 3.05) is 33.0 Å². The number of carbonyl (C=O) groups excluding carboxylic acids is 1. The Morgan fingerprint density at radius 2 is 2.20 bits per heavy atom. The molecule has 158 valence electrons. The first-order valence-corrected chi connectivity index (χ1v) is 10.8. The number of benzene rings is 1. The first-order chi connectivity index (χ1) is 14.6. The lowest BCUT2D eigenvalue weighted by molar-refractivity contribution is -0.0952. The maximum atomic E-state index is 13.1. The van der Waals surface area contributed by atoms with Crippen LogP contribution < -0.4 is 10.3 Å². The molecule has 1 aliphatic heterocycles. The molecule has 8 heteroatoms. The summed E-state index contributed by atoms with van der Waals surface area (Å²) in [7, 11) is 0. The molecule has 1 aliphatic rings. The summed E-state index contributed by atoms with van der Waals surface area (Å²) < 4.78 is 16.8. The molecule has 1 atom stereocenters. The van der Waals surface area contributed by atoms with Crippen LogP contribution in [-0.2, 0) is 16.0 Å². The number of aromatic amines is 1. The van der Waals surface area contributed by atoms with E-state index in [4.69, 9.17) is 14.2 Å². The molecule has 30 heavy (non-hydrogen) atoms. The number of nitrogens with zero attached hydrogens (tertiary/aromatic N) is 1. The topological polar surface area (TPSA) is 80.9 Å². The number of fused-ring (bicyclic) bond motifs is 1. The van der Waals surface area contributed by atoms with Crippen LogP contribution in [0.3, 0.4) is 0 Å². The molecule has 1 aromatic carbocycles. The minimum absolute atomic E-state index is 0.123. The van der Waals surface area contributed by atoms with Crippen LogP contribution in [0.2, 0.25) is 0 Å². The first-order valence-electron chi connectivity index (χ1n) is 9.95. The van der Waals surface area contributed by atoms with Crippen molar-refractivity contribution in [1.82, 2.24) is 9.88 Å². The number of pyridine rings is 1. The molecule has 0 unspecified atom stereocenters. The number of nitrogens with one attached hydrogen (secondary N) is 1. The molecule has 4 rings (SSSR count). The van der Waals surface area contributed by atoms with Crippen LogP contribution in [0.4, 0.5) is 0 Å². The maximum absolute atomic E-state index is 13.1. The largest absolute Gasteiger partial charge is 0.494 e. The Hall–Kier alpha value is -2.68. The standard InChI is InChI=1S/C22H24N2O5S/c1-2-28-17-5-6-19-15(11-17)10-16(21(25)23-19)12-24(13-18-14-27-7-8-29-18)22(26)20-4-3-9-30-20/h3-6,9-11,18H,2,7-8,12-14H2,1H3,(H,23,25)/t18-/m1/s1. The van der Waals surface area contributed by atoms with Gasteiger partial charge in [0.1, 0.15) is 5.75 Å². The Kier molecular flexibility index (Phi) is 6.47. The van der Waals surface area contributed by atoms with Crippen molar-refractivity contribution in [2.45, 2.75) is 19.6 Å². The van der Waals surface area contributed by atoms with Gasteiger partial charge in [0.05, 0.1) is 44.0 Å². The highest BCUT2D eigenvalue weighted by molar-refractivity contribution is 7.12. The highest BCUT2D eigenvalue weighted by Gasteiger charge is 2.24. The number of hydrogen-bond acceptors (Lipinski definition) is 6. The zero-order chi connectivity index (χ0) is 20.9. The number of amides is 1. The second-order valence-corrected chi connectivity index (χ2v) is 7.98. The van der Waals surface area contributed by atoms with E-state index in [1.165, 1.54) is 11.3 Å². The van der Waals surface area contributed by atoms with Gasteiger partial charge in [-0.25, -0.2) is 0 Å². The molecule has 3 heterocycles. The summed E-state index contributed by atoms with van der Waals surface area (Å²) in [5.74, 6) is 0.615. The van der Waals surface area contributed by atoms with Gasteiger partial charge in [-0.2, -0.15) is 0 Å². The average molecular weight is 429 g/mol. The van der Waals surface area contributed by atoms with Crippen molar-refractivity contribution >= 4 is 28.1 Å². The van der Waals surface area contributed by atoms with E-state index in [2.05, 4.69) is 4.98 Å². The molecule has 0 aliphatic carbocycles. The van der Waals surface area contributed by atoms with Crippen molar-refractivity contribution < 1.29 is 19.0 Å². The fraction of sp³-hybridized carbons (Fsp3) is 0.364. The molecular weight excluding hydrogens is 404 g/mol. The Balaban J connectivity index is 1.63. The summed E-state index contributed by atoms with van der Waals surface area (Å²) in [6.45, 7) is 4.51. The Morgan fingerprint density at radius 1 is 1.30 bits per heavy atom. The van der Waals surface area contributed by atoms with Crippen molar-refractivity contribution in [3.8, 4) is 5.75 Å². The maximum Gasteiger partial charge on any atom is 0.264 e. The number of hydrogen-bond donors (Lipinski definition) is 1. The van der Waals surface area contributed by atoms with E-state index in [0.717, 1.165) is 16.7 Å². The van der Waals surface area contributed by atoms with Gasteiger partial charge >= 0.3 is 0 Å². The van der Waals surface area contributed by atoms with Gasteiger partial charge in [-0.15, -0.1) is 11.3 Å². The Labute approximate surface area is 178 Å². The molecule has 0 spiro atoms. The second kappa shape index (κ2) is 9.42. The predicted octanol–water partition coefficient (Wildman–Crippen LogP) is 3.05. The van der Waals surface area contributed by atoms with Crippen molar-refractivity contribution in [2.24, 2.45) is 0 Å². The minimum atomic E-state index is -0.216. The molecule has 1 saturated heterocycles. The number of ether oxygens (including phenoxy) is 3. The third kappa shape index (κ3) is 4.72. The number of aromatic nitrogens is 1. The zero-order valence-corrected chi connectivity index (χ0v) is 17.6. The van der Waals surface area contributed by atoms with Gasteiger partial charge < -0.3 is 24.1 Å². The summed E-state index contributed by atoms with van der Waals surface area (Å²) >= 11 is 1.38. The fourth-order valence-corrected chi connectivity index (χ4v) is 4.16. The van der Waals surface area contributed by atoms with Gasteiger partial charge in [-0.3, -0.25) is 9.59 Å². The molecular formula is C22H24N2O5S. The number of thiophene rings is 1. The number of H-pyrrole nitrogens is 1. The van der Waals surface area contributed by atoms with E-state index in [0.29, 0.717) is 43.4 Å². The van der Waals surface area contributed by atoms with Gasteiger partial charge in [0.15, 0.2) is 0 Å². The van der Waals surface area contributed by atoms with Crippen molar-refractivity contribution in [1.29, 1.82) is 0 Å². The molecule has 1 fully saturated rings. The van der Waals surface area contributed by atoms with Crippen LogP contribution in [0.5, 0.6) is 5.75 Å². The number of rotatable bonds is 7. The highest BCUT2D eigenvalue weighted by atomic mass is 32.1. The molecule has 2 aromatic heterocycles. The molecule has 3 aromatic rings. The SMILES string of the molecule is CCOc1ccc2[nH]c(=O)c(CN(C[C@@H]3COCCO3)C(=O)c3cccs3)cc2c1. The molecule has 0 bridgehead atoms. The van der Waals surface area contributed by atoms with Crippen molar-refractivity contribution in [3.63, 3.8) is 0 Å². The smallest absolute Gasteiger partial charge is 0.264 e. The van der Waals surface area contributed by atoms with Crippen LogP contribution in [0.1, 0.15) is 22.2 Å². The van der Waals surface area contributed by atoms with E-state index < -0.39 is 0 Å². The van der Waals surface area contributed by atoms with Crippen LogP contribution in [0.25, 0.3) is 10.9 Å². The second-order valence-electron chi connectivity index (χ2n) is 7.04. The Bertz CT molecular complexity index is 1060.